The van der Waals surface area contributed by atoms with Crippen LogP contribution in [-0.4, -0.2) is 58.4 Å². The summed E-state index contributed by atoms with van der Waals surface area (Å²) in [7, 11) is 1.91. The third-order valence-corrected chi connectivity index (χ3v) is 4.73. The maximum absolute atomic E-state index is 12.7. The molecule has 0 radical (unpaired) electrons. The van der Waals surface area contributed by atoms with Crippen molar-refractivity contribution in [2.24, 2.45) is 7.05 Å². The molecule has 24 heavy (non-hydrogen) atoms. The van der Waals surface area contributed by atoms with Gasteiger partial charge in [0.25, 0.3) is 0 Å². The second-order valence-corrected chi connectivity index (χ2v) is 6.32. The first-order chi connectivity index (χ1) is 11.7. The number of ether oxygens (including phenoxy) is 1. The van der Waals surface area contributed by atoms with Crippen LogP contribution in [-0.2, 0) is 23.0 Å². The van der Waals surface area contributed by atoms with Crippen LogP contribution in [0.4, 0.5) is 5.69 Å². The molecule has 0 unspecified atom stereocenters. The van der Waals surface area contributed by atoms with Gasteiger partial charge in [0.2, 0.25) is 5.91 Å². The summed E-state index contributed by atoms with van der Waals surface area (Å²) in [5.41, 5.74) is 2.31. The first-order valence-corrected chi connectivity index (χ1v) is 8.28. The fourth-order valence-corrected chi connectivity index (χ4v) is 3.46. The number of carbonyl (C=O) groups excluding carboxylic acids is 1. The van der Waals surface area contributed by atoms with Crippen molar-refractivity contribution in [2.45, 2.75) is 12.5 Å². The number of aromatic nitrogens is 3. The predicted octanol–water partition coefficient (Wildman–Crippen LogP) is 0.778. The van der Waals surface area contributed by atoms with E-state index in [1.807, 2.05) is 34.7 Å². The van der Waals surface area contributed by atoms with Crippen molar-refractivity contribution in [3.05, 3.63) is 42.0 Å². The number of para-hydroxylation sites is 1. The van der Waals surface area contributed by atoms with Crippen molar-refractivity contribution < 1.29 is 9.53 Å². The van der Waals surface area contributed by atoms with Gasteiger partial charge in [0.1, 0.15) is 12.4 Å². The Labute approximate surface area is 140 Å². The fourth-order valence-electron chi connectivity index (χ4n) is 3.46. The molecule has 0 bridgehead atoms. The Morgan fingerprint density at radius 2 is 2.21 bits per heavy atom. The monoisotopic (exact) mass is 327 g/mol. The number of morpholine rings is 1. The average molecular weight is 327 g/mol. The Hall–Kier alpha value is -2.25. The van der Waals surface area contributed by atoms with Crippen molar-refractivity contribution in [1.29, 1.82) is 0 Å². The maximum Gasteiger partial charge on any atom is 0.241 e. The van der Waals surface area contributed by atoms with Gasteiger partial charge in [0, 0.05) is 32.4 Å². The lowest BCUT2D eigenvalue weighted by atomic mass is 10.2. The van der Waals surface area contributed by atoms with Gasteiger partial charge in [-0.1, -0.05) is 18.2 Å². The molecule has 7 heteroatoms. The Morgan fingerprint density at radius 1 is 1.33 bits per heavy atom. The fraction of sp³-hybridized carbons (Fsp3) is 0.471. The Kier molecular flexibility index (Phi) is 4.03. The zero-order valence-corrected chi connectivity index (χ0v) is 13.8. The molecule has 2 aliphatic rings. The van der Waals surface area contributed by atoms with E-state index >= 15 is 0 Å². The minimum Gasteiger partial charge on any atom is -0.368 e. The van der Waals surface area contributed by atoms with E-state index in [0.717, 1.165) is 31.0 Å². The largest absolute Gasteiger partial charge is 0.368 e. The van der Waals surface area contributed by atoms with Crippen molar-refractivity contribution in [2.75, 3.05) is 37.7 Å². The van der Waals surface area contributed by atoms with Gasteiger partial charge in [-0.15, -0.1) is 10.2 Å². The molecule has 7 nitrogen and oxygen atoms in total. The first kappa shape index (κ1) is 15.3. The molecular formula is C17H21N5O2. The highest BCUT2D eigenvalue weighted by Crippen LogP contribution is 2.28. The topological polar surface area (TPSA) is 63.5 Å². The normalized spacial score (nSPS) is 21.0. The molecule has 1 saturated heterocycles. The zero-order chi connectivity index (χ0) is 16.5. The van der Waals surface area contributed by atoms with Crippen LogP contribution in [0.5, 0.6) is 0 Å². The number of carbonyl (C=O) groups is 1. The first-order valence-electron chi connectivity index (χ1n) is 8.28. The van der Waals surface area contributed by atoms with Gasteiger partial charge in [0.15, 0.2) is 5.82 Å². The predicted molar refractivity (Wildman–Crippen MR) is 88.6 cm³/mol. The van der Waals surface area contributed by atoms with Crippen LogP contribution < -0.4 is 4.90 Å². The number of fused-ring (bicyclic) bond motifs is 1. The standard InChI is InChI=1S/C17H21N5O2/c1-20-12-18-19-17(20)15-10-21(8-9-24-15)11-16(23)22-7-6-13-4-2-3-5-14(13)22/h2-5,12,15H,6-11H2,1H3/t15-/m1/s1. The molecule has 126 valence electrons. The van der Waals surface area contributed by atoms with Crippen LogP contribution in [0.2, 0.25) is 0 Å². The number of hydrogen-bond acceptors (Lipinski definition) is 5. The summed E-state index contributed by atoms with van der Waals surface area (Å²) in [5.74, 6) is 0.956. The zero-order valence-electron chi connectivity index (χ0n) is 13.8. The SMILES string of the molecule is Cn1cnnc1[C@H]1CN(CC(=O)N2CCc3ccccc32)CCO1. The number of amides is 1. The molecule has 0 saturated carbocycles. The van der Waals surface area contributed by atoms with E-state index in [1.54, 1.807) is 6.33 Å². The van der Waals surface area contributed by atoms with E-state index in [4.69, 9.17) is 4.74 Å². The van der Waals surface area contributed by atoms with Crippen molar-refractivity contribution in [3.63, 3.8) is 0 Å². The lowest BCUT2D eigenvalue weighted by molar-refractivity contribution is -0.121. The van der Waals surface area contributed by atoms with Crippen LogP contribution in [0, 0.1) is 0 Å². The summed E-state index contributed by atoms with van der Waals surface area (Å²) in [6, 6.07) is 8.15. The number of benzene rings is 1. The molecule has 1 amide bonds. The van der Waals surface area contributed by atoms with Crippen LogP contribution >= 0.6 is 0 Å². The number of rotatable bonds is 3. The highest BCUT2D eigenvalue weighted by Gasteiger charge is 2.30. The van der Waals surface area contributed by atoms with Crippen LogP contribution in [0.1, 0.15) is 17.5 Å². The minimum absolute atomic E-state index is 0.134. The molecule has 2 aliphatic heterocycles. The van der Waals surface area contributed by atoms with Gasteiger partial charge >= 0.3 is 0 Å². The van der Waals surface area contributed by atoms with E-state index in [1.165, 1.54) is 5.56 Å². The van der Waals surface area contributed by atoms with E-state index in [9.17, 15) is 4.79 Å². The van der Waals surface area contributed by atoms with Crippen molar-refractivity contribution in [1.82, 2.24) is 19.7 Å². The molecule has 1 aromatic carbocycles. The van der Waals surface area contributed by atoms with Gasteiger partial charge < -0.3 is 14.2 Å². The lowest BCUT2D eigenvalue weighted by Crippen LogP contribution is -2.45. The van der Waals surface area contributed by atoms with Gasteiger partial charge in [-0.25, -0.2) is 0 Å². The number of anilines is 1. The summed E-state index contributed by atoms with van der Waals surface area (Å²) < 4.78 is 7.67. The van der Waals surface area contributed by atoms with E-state index in [2.05, 4.69) is 21.2 Å². The molecule has 2 aromatic rings. The van der Waals surface area contributed by atoms with E-state index < -0.39 is 0 Å². The lowest BCUT2D eigenvalue weighted by Gasteiger charge is -2.32. The van der Waals surface area contributed by atoms with Crippen LogP contribution in [0.15, 0.2) is 30.6 Å². The molecule has 0 N–H and O–H groups in total. The highest BCUT2D eigenvalue weighted by atomic mass is 16.5. The number of nitrogens with zero attached hydrogens (tertiary/aromatic N) is 5. The van der Waals surface area contributed by atoms with Gasteiger partial charge in [-0.05, 0) is 18.1 Å². The minimum atomic E-state index is -0.134. The molecule has 0 aliphatic carbocycles. The van der Waals surface area contributed by atoms with Gasteiger partial charge in [-0.3, -0.25) is 9.69 Å². The van der Waals surface area contributed by atoms with Crippen molar-refractivity contribution >= 4 is 11.6 Å². The highest BCUT2D eigenvalue weighted by molar-refractivity contribution is 5.96. The van der Waals surface area contributed by atoms with Gasteiger partial charge in [0.05, 0.1) is 13.2 Å². The second kappa shape index (κ2) is 6.33. The number of hydrogen-bond donors (Lipinski definition) is 0. The third-order valence-electron chi connectivity index (χ3n) is 4.73. The molecular weight excluding hydrogens is 306 g/mol. The maximum atomic E-state index is 12.7. The second-order valence-electron chi connectivity index (χ2n) is 6.32. The average Bonchev–Trinajstić information content (AvgIpc) is 3.21. The Morgan fingerprint density at radius 3 is 3.04 bits per heavy atom. The molecule has 0 spiro atoms. The Balaban J connectivity index is 1.42. The summed E-state index contributed by atoms with van der Waals surface area (Å²) >= 11 is 0. The van der Waals surface area contributed by atoms with Crippen molar-refractivity contribution in [3.8, 4) is 0 Å². The number of aryl methyl sites for hydroxylation is 1. The summed E-state index contributed by atoms with van der Waals surface area (Å²) in [4.78, 5) is 16.8. The molecule has 1 atom stereocenters. The molecule has 1 aromatic heterocycles. The smallest absolute Gasteiger partial charge is 0.241 e. The Bertz CT molecular complexity index is 744. The molecule has 4 rings (SSSR count). The summed E-state index contributed by atoms with van der Waals surface area (Å²) in [5, 5.41) is 8.04. The van der Waals surface area contributed by atoms with Crippen LogP contribution in [0.25, 0.3) is 0 Å². The molecule has 3 heterocycles. The third kappa shape index (κ3) is 2.81. The van der Waals surface area contributed by atoms with E-state index in [-0.39, 0.29) is 12.0 Å². The van der Waals surface area contributed by atoms with Crippen LogP contribution in [0.3, 0.4) is 0 Å². The summed E-state index contributed by atoms with van der Waals surface area (Å²) in [6.07, 6.45) is 2.47. The molecule has 1 fully saturated rings. The van der Waals surface area contributed by atoms with E-state index in [0.29, 0.717) is 19.7 Å². The quantitative estimate of drug-likeness (QED) is 0.833. The van der Waals surface area contributed by atoms with Gasteiger partial charge in [-0.2, -0.15) is 0 Å². The summed E-state index contributed by atoms with van der Waals surface area (Å²) in [6.45, 7) is 3.20.